The van der Waals surface area contributed by atoms with Gasteiger partial charge in [0.1, 0.15) is 0 Å². The van der Waals surface area contributed by atoms with Crippen LogP contribution in [0.3, 0.4) is 0 Å². The summed E-state index contributed by atoms with van der Waals surface area (Å²) in [5, 5.41) is 3.33. The van der Waals surface area contributed by atoms with E-state index in [1.165, 1.54) is 11.1 Å². The van der Waals surface area contributed by atoms with Crippen molar-refractivity contribution in [3.05, 3.63) is 47.3 Å². The van der Waals surface area contributed by atoms with Crippen molar-refractivity contribution in [2.45, 2.75) is 20.4 Å². The van der Waals surface area contributed by atoms with Crippen molar-refractivity contribution in [2.24, 2.45) is 7.05 Å². The minimum Gasteiger partial charge on any atom is -0.352 e. The maximum absolute atomic E-state index is 4.40. The number of aromatic nitrogens is 2. The molecule has 0 aliphatic heterocycles. The van der Waals surface area contributed by atoms with Gasteiger partial charge < -0.3 is 9.88 Å². The van der Waals surface area contributed by atoms with Crippen molar-refractivity contribution >= 4 is 5.95 Å². The molecule has 2 rings (SSSR count). The number of hydrogen-bond donors (Lipinski definition) is 1. The fraction of sp³-hybridized carbons (Fsp3) is 0.308. The minimum atomic E-state index is 0.811. The molecule has 0 aliphatic carbocycles. The Kier molecular flexibility index (Phi) is 2.95. The first-order valence-corrected chi connectivity index (χ1v) is 5.44. The van der Waals surface area contributed by atoms with Gasteiger partial charge >= 0.3 is 0 Å². The number of imidazole rings is 1. The van der Waals surface area contributed by atoms with E-state index in [1.54, 1.807) is 0 Å². The maximum atomic E-state index is 4.40. The summed E-state index contributed by atoms with van der Waals surface area (Å²) in [6.07, 6.45) is 2.01. The molecule has 0 atom stereocenters. The number of hydrogen-bond acceptors (Lipinski definition) is 2. The molecule has 0 aliphatic rings. The van der Waals surface area contributed by atoms with Crippen LogP contribution in [0.1, 0.15) is 16.8 Å². The Bertz CT molecular complexity index is 486. The van der Waals surface area contributed by atoms with Gasteiger partial charge in [0, 0.05) is 19.8 Å². The third-order valence-electron chi connectivity index (χ3n) is 2.53. The lowest BCUT2D eigenvalue weighted by Gasteiger charge is -2.06. The molecular formula is C13H17N3. The van der Waals surface area contributed by atoms with Crippen LogP contribution < -0.4 is 5.32 Å². The van der Waals surface area contributed by atoms with Gasteiger partial charge in [-0.25, -0.2) is 4.98 Å². The molecule has 0 saturated carbocycles. The monoisotopic (exact) mass is 215 g/mol. The first-order chi connectivity index (χ1) is 7.65. The average Bonchev–Trinajstić information content (AvgIpc) is 2.54. The molecule has 0 fully saturated rings. The molecule has 3 nitrogen and oxygen atoms in total. The Labute approximate surface area is 96.1 Å². The zero-order valence-corrected chi connectivity index (χ0v) is 9.99. The van der Waals surface area contributed by atoms with Crippen LogP contribution in [-0.4, -0.2) is 9.55 Å². The second-order valence-electron chi connectivity index (χ2n) is 4.16. The van der Waals surface area contributed by atoms with Gasteiger partial charge in [-0.3, -0.25) is 0 Å². The van der Waals surface area contributed by atoms with E-state index in [-0.39, 0.29) is 0 Å². The highest BCUT2D eigenvalue weighted by Crippen LogP contribution is 2.09. The number of nitrogens with zero attached hydrogens (tertiary/aromatic N) is 2. The number of anilines is 1. The third-order valence-corrected chi connectivity index (χ3v) is 2.53. The van der Waals surface area contributed by atoms with Gasteiger partial charge in [0.25, 0.3) is 0 Å². The summed E-state index contributed by atoms with van der Waals surface area (Å²) in [7, 11) is 2.00. The van der Waals surface area contributed by atoms with E-state index < -0.39 is 0 Å². The van der Waals surface area contributed by atoms with E-state index >= 15 is 0 Å². The van der Waals surface area contributed by atoms with E-state index in [2.05, 4.69) is 41.5 Å². The van der Waals surface area contributed by atoms with Crippen LogP contribution in [0.25, 0.3) is 0 Å². The second kappa shape index (κ2) is 4.39. The van der Waals surface area contributed by atoms with E-state index in [0.717, 1.165) is 18.2 Å². The first-order valence-electron chi connectivity index (χ1n) is 5.44. The SMILES string of the molecule is Cc1cccc(CNc2nc(C)cn2C)c1. The van der Waals surface area contributed by atoms with Gasteiger partial charge in [-0.2, -0.15) is 0 Å². The molecule has 0 bridgehead atoms. The predicted molar refractivity (Wildman–Crippen MR) is 66.5 cm³/mol. The van der Waals surface area contributed by atoms with Crippen LogP contribution in [0, 0.1) is 13.8 Å². The molecule has 0 spiro atoms. The van der Waals surface area contributed by atoms with Gasteiger partial charge in [0.15, 0.2) is 0 Å². The normalized spacial score (nSPS) is 10.4. The summed E-state index contributed by atoms with van der Waals surface area (Å²) in [4.78, 5) is 4.40. The van der Waals surface area contributed by atoms with Crippen LogP contribution in [-0.2, 0) is 13.6 Å². The van der Waals surface area contributed by atoms with Crippen LogP contribution in [0.5, 0.6) is 0 Å². The highest BCUT2D eigenvalue weighted by Gasteiger charge is 2.01. The lowest BCUT2D eigenvalue weighted by atomic mass is 10.1. The highest BCUT2D eigenvalue weighted by atomic mass is 15.2. The van der Waals surface area contributed by atoms with Crippen molar-refractivity contribution in [2.75, 3.05) is 5.32 Å². The standard InChI is InChI=1S/C13H17N3/c1-10-5-4-6-12(7-10)8-14-13-15-11(2)9-16(13)3/h4-7,9H,8H2,1-3H3,(H,14,15). The smallest absolute Gasteiger partial charge is 0.203 e. The quantitative estimate of drug-likeness (QED) is 0.853. The summed E-state index contributed by atoms with van der Waals surface area (Å²) in [5.74, 6) is 0.916. The fourth-order valence-electron chi connectivity index (χ4n) is 1.78. The fourth-order valence-corrected chi connectivity index (χ4v) is 1.78. The number of nitrogens with one attached hydrogen (secondary N) is 1. The molecule has 0 unspecified atom stereocenters. The van der Waals surface area contributed by atoms with E-state index in [1.807, 2.05) is 24.7 Å². The third kappa shape index (κ3) is 2.42. The summed E-state index contributed by atoms with van der Waals surface area (Å²) < 4.78 is 2.01. The number of aryl methyl sites for hydroxylation is 3. The first kappa shape index (κ1) is 10.7. The number of benzene rings is 1. The summed E-state index contributed by atoms with van der Waals surface area (Å²) >= 11 is 0. The van der Waals surface area contributed by atoms with Crippen molar-refractivity contribution in [3.63, 3.8) is 0 Å². The largest absolute Gasteiger partial charge is 0.352 e. The van der Waals surface area contributed by atoms with Crippen LogP contribution in [0.15, 0.2) is 30.5 Å². The number of rotatable bonds is 3. The Morgan fingerprint density at radius 3 is 2.75 bits per heavy atom. The Balaban J connectivity index is 2.05. The molecule has 1 aromatic heterocycles. The second-order valence-corrected chi connectivity index (χ2v) is 4.16. The van der Waals surface area contributed by atoms with E-state index in [4.69, 9.17) is 0 Å². The molecule has 1 aromatic carbocycles. The maximum Gasteiger partial charge on any atom is 0.203 e. The van der Waals surface area contributed by atoms with Crippen molar-refractivity contribution in [1.82, 2.24) is 9.55 Å². The highest BCUT2D eigenvalue weighted by molar-refractivity contribution is 5.31. The lowest BCUT2D eigenvalue weighted by Crippen LogP contribution is -2.04. The predicted octanol–water partition coefficient (Wildman–Crippen LogP) is 2.65. The van der Waals surface area contributed by atoms with Crippen molar-refractivity contribution in [1.29, 1.82) is 0 Å². The van der Waals surface area contributed by atoms with Gasteiger partial charge in [0.05, 0.1) is 5.69 Å². The zero-order valence-electron chi connectivity index (χ0n) is 9.99. The molecule has 2 aromatic rings. The topological polar surface area (TPSA) is 29.9 Å². The molecule has 16 heavy (non-hydrogen) atoms. The molecule has 1 heterocycles. The zero-order chi connectivity index (χ0) is 11.5. The molecule has 0 amide bonds. The van der Waals surface area contributed by atoms with Crippen molar-refractivity contribution in [3.8, 4) is 0 Å². The molecule has 0 radical (unpaired) electrons. The minimum absolute atomic E-state index is 0.811. The van der Waals surface area contributed by atoms with Gasteiger partial charge in [0.2, 0.25) is 5.95 Å². The molecule has 1 N–H and O–H groups in total. The van der Waals surface area contributed by atoms with Crippen LogP contribution >= 0.6 is 0 Å². The van der Waals surface area contributed by atoms with E-state index in [9.17, 15) is 0 Å². The van der Waals surface area contributed by atoms with Gasteiger partial charge in [-0.1, -0.05) is 29.8 Å². The lowest BCUT2D eigenvalue weighted by molar-refractivity contribution is 0.899. The molecule has 3 heteroatoms. The summed E-state index contributed by atoms with van der Waals surface area (Å²) in [6, 6.07) is 8.49. The Morgan fingerprint density at radius 1 is 1.31 bits per heavy atom. The Morgan fingerprint density at radius 2 is 2.12 bits per heavy atom. The summed E-state index contributed by atoms with van der Waals surface area (Å²) in [5.41, 5.74) is 3.60. The van der Waals surface area contributed by atoms with E-state index in [0.29, 0.717) is 0 Å². The van der Waals surface area contributed by atoms with Crippen LogP contribution in [0.4, 0.5) is 5.95 Å². The van der Waals surface area contributed by atoms with Crippen LogP contribution in [0.2, 0.25) is 0 Å². The van der Waals surface area contributed by atoms with Crippen molar-refractivity contribution < 1.29 is 0 Å². The molecule has 84 valence electrons. The van der Waals surface area contributed by atoms with Gasteiger partial charge in [-0.05, 0) is 19.4 Å². The average molecular weight is 215 g/mol. The molecular weight excluding hydrogens is 198 g/mol. The molecule has 0 saturated heterocycles. The summed E-state index contributed by atoms with van der Waals surface area (Å²) in [6.45, 7) is 4.91. The van der Waals surface area contributed by atoms with Gasteiger partial charge in [-0.15, -0.1) is 0 Å². The Hall–Kier alpha value is -1.77.